The lowest BCUT2D eigenvalue weighted by atomic mass is 10.1. The van der Waals surface area contributed by atoms with Crippen LogP contribution in [0.1, 0.15) is 60.7 Å². The third-order valence-electron chi connectivity index (χ3n) is 4.81. The molecule has 1 aromatic carbocycles. The Morgan fingerprint density at radius 2 is 2.08 bits per heavy atom. The van der Waals surface area contributed by atoms with Gasteiger partial charge < -0.3 is 15.6 Å². The lowest BCUT2D eigenvalue weighted by Crippen LogP contribution is -2.32. The molecule has 26 heavy (non-hydrogen) atoms. The number of H-pyrrole nitrogens is 1. The summed E-state index contributed by atoms with van der Waals surface area (Å²) in [4.78, 5) is 31.4. The van der Waals surface area contributed by atoms with E-state index >= 15 is 0 Å². The van der Waals surface area contributed by atoms with Crippen LogP contribution in [-0.4, -0.2) is 37.3 Å². The maximum Gasteiger partial charge on any atom is 0.273 e. The fourth-order valence-corrected chi connectivity index (χ4v) is 3.46. The van der Waals surface area contributed by atoms with Crippen molar-refractivity contribution >= 4 is 22.9 Å². The average molecular weight is 350 g/mol. The summed E-state index contributed by atoms with van der Waals surface area (Å²) < 4.78 is 0. The quantitative estimate of drug-likeness (QED) is 0.756. The van der Waals surface area contributed by atoms with E-state index in [4.69, 9.17) is 5.73 Å². The van der Waals surface area contributed by atoms with E-state index < -0.39 is 0 Å². The first-order chi connectivity index (χ1) is 12.5. The van der Waals surface area contributed by atoms with Crippen LogP contribution in [0.5, 0.6) is 0 Å². The van der Waals surface area contributed by atoms with Gasteiger partial charge in [-0.3, -0.25) is 4.79 Å². The van der Waals surface area contributed by atoms with Crippen molar-refractivity contribution in [3.63, 3.8) is 0 Å². The monoisotopic (exact) mass is 350 g/mol. The summed E-state index contributed by atoms with van der Waals surface area (Å²) in [7, 11) is 0. The van der Waals surface area contributed by atoms with E-state index in [2.05, 4.69) is 19.9 Å². The Morgan fingerprint density at radius 1 is 1.27 bits per heavy atom. The highest BCUT2D eigenvalue weighted by molar-refractivity contribution is 5.93. The third-order valence-corrected chi connectivity index (χ3v) is 4.81. The zero-order valence-corrected chi connectivity index (χ0v) is 14.9. The van der Waals surface area contributed by atoms with E-state index in [0.29, 0.717) is 12.2 Å². The SMILES string of the molecule is CC(C)c1cc(C(=O)N2CCC[C@H]2c2nc3ccccc3[nH]2)nc(N)n1. The molecule has 0 bridgehead atoms. The van der Waals surface area contributed by atoms with Gasteiger partial charge in [0, 0.05) is 12.2 Å². The number of amides is 1. The molecule has 1 saturated heterocycles. The summed E-state index contributed by atoms with van der Waals surface area (Å²) in [5.74, 6) is 1.02. The van der Waals surface area contributed by atoms with E-state index in [1.807, 2.05) is 43.0 Å². The van der Waals surface area contributed by atoms with E-state index in [1.165, 1.54) is 0 Å². The Balaban J connectivity index is 1.67. The second kappa shape index (κ2) is 6.40. The predicted octanol–water partition coefficient (Wildman–Crippen LogP) is 3.04. The minimum Gasteiger partial charge on any atom is -0.368 e. The number of para-hydroxylation sites is 2. The van der Waals surface area contributed by atoms with Crippen molar-refractivity contribution in [2.45, 2.75) is 38.6 Å². The summed E-state index contributed by atoms with van der Waals surface area (Å²) >= 11 is 0. The molecule has 1 atom stereocenters. The van der Waals surface area contributed by atoms with Gasteiger partial charge in [0.05, 0.1) is 17.1 Å². The molecule has 1 amide bonds. The molecular formula is C19H22N6O. The molecule has 134 valence electrons. The average Bonchev–Trinajstić information content (AvgIpc) is 3.26. The highest BCUT2D eigenvalue weighted by Gasteiger charge is 2.33. The number of benzene rings is 1. The molecule has 1 fully saturated rings. The number of fused-ring (bicyclic) bond motifs is 1. The lowest BCUT2D eigenvalue weighted by molar-refractivity contribution is 0.0724. The van der Waals surface area contributed by atoms with Gasteiger partial charge in [-0.05, 0) is 37.0 Å². The van der Waals surface area contributed by atoms with Crippen molar-refractivity contribution in [1.82, 2.24) is 24.8 Å². The Kier molecular flexibility index (Phi) is 4.06. The number of carbonyl (C=O) groups is 1. The molecule has 4 rings (SSSR count). The van der Waals surface area contributed by atoms with Gasteiger partial charge in [-0.2, -0.15) is 0 Å². The topological polar surface area (TPSA) is 101 Å². The summed E-state index contributed by atoms with van der Waals surface area (Å²) in [5.41, 5.74) is 8.84. The summed E-state index contributed by atoms with van der Waals surface area (Å²) in [6, 6.07) is 9.56. The number of nitrogens with two attached hydrogens (primary N) is 1. The lowest BCUT2D eigenvalue weighted by Gasteiger charge is -2.23. The maximum absolute atomic E-state index is 13.1. The van der Waals surface area contributed by atoms with Crippen LogP contribution in [0.15, 0.2) is 30.3 Å². The molecule has 1 aliphatic rings. The number of hydrogen-bond donors (Lipinski definition) is 2. The van der Waals surface area contributed by atoms with Crippen molar-refractivity contribution in [3.05, 3.63) is 47.5 Å². The van der Waals surface area contributed by atoms with Crippen LogP contribution in [0.2, 0.25) is 0 Å². The van der Waals surface area contributed by atoms with Crippen LogP contribution < -0.4 is 5.73 Å². The second-order valence-electron chi connectivity index (χ2n) is 6.99. The fraction of sp³-hybridized carbons (Fsp3) is 0.368. The van der Waals surface area contributed by atoms with Gasteiger partial charge in [-0.15, -0.1) is 0 Å². The molecule has 3 N–H and O–H groups in total. The molecule has 1 aliphatic heterocycles. The Morgan fingerprint density at radius 3 is 2.85 bits per heavy atom. The smallest absolute Gasteiger partial charge is 0.273 e. The maximum atomic E-state index is 13.1. The molecular weight excluding hydrogens is 328 g/mol. The standard InChI is InChI=1S/C19H22N6O/c1-11(2)14-10-15(24-19(20)23-14)18(26)25-9-5-8-16(25)17-21-12-6-3-4-7-13(12)22-17/h3-4,6-7,10-11,16H,5,8-9H2,1-2H3,(H,21,22)(H2,20,23,24)/t16-/m0/s1. The highest BCUT2D eigenvalue weighted by Crippen LogP contribution is 2.32. The minimum atomic E-state index is -0.121. The van der Waals surface area contributed by atoms with Crippen molar-refractivity contribution in [2.75, 3.05) is 12.3 Å². The number of nitrogen functional groups attached to an aromatic ring is 1. The van der Waals surface area contributed by atoms with Gasteiger partial charge in [0.25, 0.3) is 5.91 Å². The van der Waals surface area contributed by atoms with Crippen molar-refractivity contribution in [2.24, 2.45) is 0 Å². The van der Waals surface area contributed by atoms with Gasteiger partial charge in [0.2, 0.25) is 5.95 Å². The van der Waals surface area contributed by atoms with E-state index in [-0.39, 0.29) is 23.8 Å². The van der Waals surface area contributed by atoms with Gasteiger partial charge >= 0.3 is 0 Å². The number of hydrogen-bond acceptors (Lipinski definition) is 5. The predicted molar refractivity (Wildman–Crippen MR) is 99.6 cm³/mol. The van der Waals surface area contributed by atoms with Gasteiger partial charge in [-0.1, -0.05) is 26.0 Å². The zero-order chi connectivity index (χ0) is 18.3. The highest BCUT2D eigenvalue weighted by atomic mass is 16.2. The van der Waals surface area contributed by atoms with Crippen LogP contribution in [-0.2, 0) is 0 Å². The molecule has 7 nitrogen and oxygen atoms in total. The normalized spacial score (nSPS) is 17.3. The van der Waals surface area contributed by atoms with Crippen LogP contribution in [0, 0.1) is 0 Å². The summed E-state index contributed by atoms with van der Waals surface area (Å²) in [5, 5.41) is 0. The number of aromatic amines is 1. The van der Waals surface area contributed by atoms with Crippen molar-refractivity contribution in [1.29, 1.82) is 0 Å². The second-order valence-corrected chi connectivity index (χ2v) is 6.99. The first kappa shape index (κ1) is 16.5. The molecule has 0 spiro atoms. The number of carbonyl (C=O) groups excluding carboxylic acids is 1. The Hall–Kier alpha value is -2.96. The number of aromatic nitrogens is 4. The van der Waals surface area contributed by atoms with Crippen LogP contribution in [0.25, 0.3) is 11.0 Å². The van der Waals surface area contributed by atoms with Crippen LogP contribution in [0.4, 0.5) is 5.95 Å². The van der Waals surface area contributed by atoms with Crippen molar-refractivity contribution in [3.8, 4) is 0 Å². The number of imidazole rings is 1. The third kappa shape index (κ3) is 2.89. The number of nitrogens with one attached hydrogen (secondary N) is 1. The molecule has 3 heterocycles. The van der Waals surface area contributed by atoms with E-state index in [0.717, 1.165) is 35.4 Å². The van der Waals surface area contributed by atoms with Crippen LogP contribution >= 0.6 is 0 Å². The number of nitrogens with zero attached hydrogens (tertiary/aromatic N) is 4. The fourth-order valence-electron chi connectivity index (χ4n) is 3.46. The molecule has 3 aromatic rings. The van der Waals surface area contributed by atoms with Crippen LogP contribution in [0.3, 0.4) is 0 Å². The number of likely N-dealkylation sites (tertiary alicyclic amines) is 1. The van der Waals surface area contributed by atoms with Crippen molar-refractivity contribution < 1.29 is 4.79 Å². The molecule has 0 saturated carbocycles. The zero-order valence-electron chi connectivity index (χ0n) is 14.9. The van der Waals surface area contributed by atoms with E-state index in [1.54, 1.807) is 6.07 Å². The molecule has 0 aliphatic carbocycles. The summed E-state index contributed by atoms with van der Waals surface area (Å²) in [6.07, 6.45) is 1.81. The van der Waals surface area contributed by atoms with E-state index in [9.17, 15) is 4.79 Å². The first-order valence-electron chi connectivity index (χ1n) is 8.93. The number of anilines is 1. The summed E-state index contributed by atoms with van der Waals surface area (Å²) in [6.45, 7) is 4.72. The first-order valence-corrected chi connectivity index (χ1v) is 8.93. The Labute approximate surface area is 151 Å². The van der Waals surface area contributed by atoms with Gasteiger partial charge in [-0.25, -0.2) is 15.0 Å². The van der Waals surface area contributed by atoms with Gasteiger partial charge in [0.15, 0.2) is 0 Å². The molecule has 2 aromatic heterocycles. The molecule has 7 heteroatoms. The minimum absolute atomic E-state index is 0.0754. The largest absolute Gasteiger partial charge is 0.368 e. The number of rotatable bonds is 3. The Bertz CT molecular complexity index is 931. The molecule has 0 unspecified atom stereocenters. The van der Waals surface area contributed by atoms with Gasteiger partial charge in [0.1, 0.15) is 11.5 Å². The molecule has 0 radical (unpaired) electrons.